The standard InChI is InChI=1S/C15H28N2O5/c1-11(6-7-21-5)16-15(8-12(18)19)9-17(10-15)13(20)22-14(2,3)4/h11,16H,6-10H2,1-5H3,(H,18,19). The van der Waals surface area contributed by atoms with Crippen molar-refractivity contribution in [1.29, 1.82) is 0 Å². The number of carbonyl (C=O) groups excluding carboxylic acids is 1. The second-order valence-corrected chi connectivity index (χ2v) is 7.01. The molecule has 0 aromatic carbocycles. The molecular weight excluding hydrogens is 288 g/mol. The van der Waals surface area contributed by atoms with Gasteiger partial charge in [-0.1, -0.05) is 0 Å². The van der Waals surface area contributed by atoms with Gasteiger partial charge in [-0.25, -0.2) is 4.79 Å². The van der Waals surface area contributed by atoms with E-state index in [-0.39, 0.29) is 12.5 Å². The zero-order valence-electron chi connectivity index (χ0n) is 14.1. The van der Waals surface area contributed by atoms with Gasteiger partial charge in [0, 0.05) is 32.8 Å². The summed E-state index contributed by atoms with van der Waals surface area (Å²) in [6, 6.07) is 0.111. The van der Waals surface area contributed by atoms with Gasteiger partial charge in [-0.2, -0.15) is 0 Å². The van der Waals surface area contributed by atoms with Gasteiger partial charge >= 0.3 is 12.1 Å². The molecule has 1 aliphatic heterocycles. The molecule has 1 aliphatic rings. The van der Waals surface area contributed by atoms with Crippen LogP contribution >= 0.6 is 0 Å². The molecule has 0 aliphatic carbocycles. The maximum absolute atomic E-state index is 12.0. The number of carboxylic acid groups (broad SMARTS) is 1. The van der Waals surface area contributed by atoms with Gasteiger partial charge in [0.1, 0.15) is 5.60 Å². The second-order valence-electron chi connectivity index (χ2n) is 7.01. The number of hydrogen-bond donors (Lipinski definition) is 2. The quantitative estimate of drug-likeness (QED) is 0.739. The molecule has 0 aromatic heterocycles. The van der Waals surface area contributed by atoms with Crippen LogP contribution in [0.4, 0.5) is 4.79 Å². The molecule has 0 spiro atoms. The Morgan fingerprint density at radius 2 is 1.95 bits per heavy atom. The highest BCUT2D eigenvalue weighted by Gasteiger charge is 2.48. The summed E-state index contributed by atoms with van der Waals surface area (Å²) in [5, 5.41) is 12.4. The molecule has 2 N–H and O–H groups in total. The van der Waals surface area contributed by atoms with Crippen LogP contribution in [-0.4, -0.2) is 66.1 Å². The van der Waals surface area contributed by atoms with Crippen molar-refractivity contribution in [3.63, 3.8) is 0 Å². The lowest BCUT2D eigenvalue weighted by Crippen LogP contribution is -2.72. The zero-order chi connectivity index (χ0) is 17.0. The molecule has 1 rings (SSSR count). The summed E-state index contributed by atoms with van der Waals surface area (Å²) in [6.45, 7) is 8.68. The van der Waals surface area contributed by atoms with Gasteiger partial charge in [-0.3, -0.25) is 4.79 Å². The number of carboxylic acids is 1. The summed E-state index contributed by atoms with van der Waals surface area (Å²) in [5.74, 6) is -0.879. The van der Waals surface area contributed by atoms with Crippen molar-refractivity contribution in [2.45, 2.75) is 57.7 Å². The van der Waals surface area contributed by atoms with Gasteiger partial charge in [-0.05, 0) is 34.1 Å². The average Bonchev–Trinajstić information content (AvgIpc) is 2.29. The smallest absolute Gasteiger partial charge is 0.410 e. The minimum atomic E-state index is -0.879. The number of hydrogen-bond acceptors (Lipinski definition) is 5. The number of methoxy groups -OCH3 is 1. The molecule has 1 unspecified atom stereocenters. The van der Waals surface area contributed by atoms with E-state index in [1.54, 1.807) is 27.9 Å². The Hall–Kier alpha value is -1.34. The summed E-state index contributed by atoms with van der Waals surface area (Å²) in [4.78, 5) is 24.6. The summed E-state index contributed by atoms with van der Waals surface area (Å²) >= 11 is 0. The topological polar surface area (TPSA) is 88.1 Å². The first-order valence-electron chi connectivity index (χ1n) is 7.53. The normalized spacial score (nSPS) is 18.5. The number of nitrogens with zero attached hydrogens (tertiary/aromatic N) is 1. The van der Waals surface area contributed by atoms with Crippen molar-refractivity contribution in [2.24, 2.45) is 0 Å². The van der Waals surface area contributed by atoms with E-state index >= 15 is 0 Å². The van der Waals surface area contributed by atoms with Crippen molar-refractivity contribution >= 4 is 12.1 Å². The van der Waals surface area contributed by atoms with Crippen LogP contribution in [0.25, 0.3) is 0 Å². The van der Waals surface area contributed by atoms with E-state index in [4.69, 9.17) is 14.6 Å². The maximum Gasteiger partial charge on any atom is 0.410 e. The first-order chi connectivity index (χ1) is 10.1. The number of ether oxygens (including phenoxy) is 2. The predicted molar refractivity (Wildman–Crippen MR) is 81.9 cm³/mol. The minimum Gasteiger partial charge on any atom is -0.481 e. The third kappa shape index (κ3) is 5.81. The molecule has 1 amide bonds. The zero-order valence-corrected chi connectivity index (χ0v) is 14.1. The molecule has 7 heteroatoms. The van der Waals surface area contributed by atoms with Gasteiger partial charge in [0.25, 0.3) is 0 Å². The Labute approximate surface area is 131 Å². The van der Waals surface area contributed by atoms with Gasteiger partial charge < -0.3 is 24.8 Å². The molecule has 7 nitrogen and oxygen atoms in total. The molecule has 0 radical (unpaired) electrons. The number of carbonyl (C=O) groups is 2. The van der Waals surface area contributed by atoms with Crippen LogP contribution in [0.15, 0.2) is 0 Å². The fourth-order valence-electron chi connectivity index (χ4n) is 2.57. The average molecular weight is 316 g/mol. The van der Waals surface area contributed by atoms with Crippen molar-refractivity contribution in [1.82, 2.24) is 10.2 Å². The van der Waals surface area contributed by atoms with Crippen LogP contribution in [0, 0.1) is 0 Å². The minimum absolute atomic E-state index is 0.0242. The Morgan fingerprint density at radius 1 is 1.36 bits per heavy atom. The second kappa shape index (κ2) is 7.28. The molecule has 1 heterocycles. The Kier molecular flexibility index (Phi) is 6.19. The maximum atomic E-state index is 12.0. The molecule has 22 heavy (non-hydrogen) atoms. The molecular formula is C15H28N2O5. The van der Waals surface area contributed by atoms with E-state index in [9.17, 15) is 9.59 Å². The van der Waals surface area contributed by atoms with Crippen LogP contribution < -0.4 is 5.32 Å². The summed E-state index contributed by atoms with van der Waals surface area (Å²) in [6.07, 6.45) is 0.355. The number of nitrogens with one attached hydrogen (secondary N) is 1. The number of likely N-dealkylation sites (tertiary alicyclic amines) is 1. The molecule has 0 aromatic rings. The first kappa shape index (κ1) is 18.7. The van der Waals surface area contributed by atoms with Crippen molar-refractivity contribution in [3.05, 3.63) is 0 Å². The van der Waals surface area contributed by atoms with Gasteiger partial charge in [0.15, 0.2) is 0 Å². The predicted octanol–water partition coefficient (Wildman–Crippen LogP) is 1.47. The van der Waals surface area contributed by atoms with Crippen molar-refractivity contribution in [3.8, 4) is 0 Å². The van der Waals surface area contributed by atoms with E-state index < -0.39 is 23.2 Å². The highest BCUT2D eigenvalue weighted by atomic mass is 16.6. The molecule has 1 atom stereocenters. The Bertz CT molecular complexity index is 399. The molecule has 1 fully saturated rings. The van der Waals surface area contributed by atoms with E-state index in [0.717, 1.165) is 6.42 Å². The molecule has 0 saturated carbocycles. The van der Waals surface area contributed by atoms with Crippen molar-refractivity contribution in [2.75, 3.05) is 26.8 Å². The lowest BCUT2D eigenvalue weighted by Gasteiger charge is -2.51. The molecule has 128 valence electrons. The van der Waals surface area contributed by atoms with Gasteiger partial charge in [0.05, 0.1) is 12.0 Å². The first-order valence-corrected chi connectivity index (χ1v) is 7.53. The number of amides is 1. The third-order valence-electron chi connectivity index (χ3n) is 3.44. The number of aliphatic carboxylic acids is 1. The largest absolute Gasteiger partial charge is 0.481 e. The van der Waals surface area contributed by atoms with Gasteiger partial charge in [0.2, 0.25) is 0 Å². The van der Waals surface area contributed by atoms with Crippen molar-refractivity contribution < 1.29 is 24.2 Å². The van der Waals surface area contributed by atoms with E-state index in [0.29, 0.717) is 19.7 Å². The third-order valence-corrected chi connectivity index (χ3v) is 3.44. The summed E-state index contributed by atoms with van der Waals surface area (Å²) in [5.41, 5.74) is -1.14. The van der Waals surface area contributed by atoms with Crippen LogP contribution in [0.1, 0.15) is 40.5 Å². The van der Waals surface area contributed by atoms with E-state index in [2.05, 4.69) is 5.32 Å². The fraction of sp³-hybridized carbons (Fsp3) is 0.867. The lowest BCUT2D eigenvalue weighted by molar-refractivity contribution is -0.141. The van der Waals surface area contributed by atoms with E-state index in [1.165, 1.54) is 4.90 Å². The fourth-order valence-corrected chi connectivity index (χ4v) is 2.57. The summed E-state index contributed by atoms with van der Waals surface area (Å²) in [7, 11) is 1.63. The highest BCUT2D eigenvalue weighted by Crippen LogP contribution is 2.27. The Balaban J connectivity index is 2.59. The van der Waals surface area contributed by atoms with Crippen LogP contribution in [0.2, 0.25) is 0 Å². The van der Waals surface area contributed by atoms with Crippen LogP contribution in [-0.2, 0) is 14.3 Å². The Morgan fingerprint density at radius 3 is 2.41 bits per heavy atom. The van der Waals surface area contributed by atoms with Gasteiger partial charge in [-0.15, -0.1) is 0 Å². The summed E-state index contributed by atoms with van der Waals surface area (Å²) < 4.78 is 10.3. The van der Waals surface area contributed by atoms with Crippen LogP contribution in [0.5, 0.6) is 0 Å². The number of rotatable bonds is 7. The van der Waals surface area contributed by atoms with E-state index in [1.807, 2.05) is 6.92 Å². The SMILES string of the molecule is COCCC(C)NC1(CC(=O)O)CN(C(=O)OC(C)(C)C)C1. The van der Waals surface area contributed by atoms with Crippen LogP contribution in [0.3, 0.4) is 0 Å². The highest BCUT2D eigenvalue weighted by molar-refractivity contribution is 5.73. The molecule has 0 bridgehead atoms. The monoisotopic (exact) mass is 316 g/mol. The molecule has 1 saturated heterocycles. The lowest BCUT2D eigenvalue weighted by atomic mass is 9.85.